The standard InChI is InChI=1S/C17H20N6/c1-23-8-6-13(7-9-23)12-2-4-15(5-3-12)20-17-18-10-14-11-19-22-16(14)21-17/h2-5,10-11,13H,6-9H2,1H3,(H2,18,19,20,21,22). The summed E-state index contributed by atoms with van der Waals surface area (Å²) >= 11 is 0. The summed E-state index contributed by atoms with van der Waals surface area (Å²) in [5.74, 6) is 1.26. The SMILES string of the molecule is CN1CCC(c2ccc(Nc3ncc4cn[nH]c4n3)cc2)CC1. The second-order valence-electron chi connectivity index (χ2n) is 6.19. The molecule has 4 rings (SSSR count). The molecule has 1 saturated heterocycles. The second kappa shape index (κ2) is 5.96. The van der Waals surface area contributed by atoms with Crippen LogP contribution >= 0.6 is 0 Å². The minimum Gasteiger partial charge on any atom is -0.324 e. The van der Waals surface area contributed by atoms with Crippen molar-refractivity contribution in [1.82, 2.24) is 25.1 Å². The zero-order valence-electron chi connectivity index (χ0n) is 13.2. The molecule has 1 fully saturated rings. The van der Waals surface area contributed by atoms with Gasteiger partial charge in [0.05, 0.1) is 11.6 Å². The van der Waals surface area contributed by atoms with Gasteiger partial charge in [-0.25, -0.2) is 4.98 Å². The van der Waals surface area contributed by atoms with Crippen molar-refractivity contribution in [3.63, 3.8) is 0 Å². The molecule has 0 atom stereocenters. The first kappa shape index (κ1) is 14.1. The number of fused-ring (bicyclic) bond motifs is 1. The molecule has 1 aliphatic heterocycles. The van der Waals surface area contributed by atoms with Crippen molar-refractivity contribution < 1.29 is 0 Å². The second-order valence-corrected chi connectivity index (χ2v) is 6.19. The lowest BCUT2D eigenvalue weighted by Gasteiger charge is -2.29. The number of anilines is 2. The van der Waals surface area contributed by atoms with E-state index in [2.05, 4.69) is 61.7 Å². The molecule has 23 heavy (non-hydrogen) atoms. The third-order valence-corrected chi connectivity index (χ3v) is 4.55. The maximum absolute atomic E-state index is 4.41. The van der Waals surface area contributed by atoms with Crippen molar-refractivity contribution in [2.24, 2.45) is 0 Å². The Morgan fingerprint density at radius 3 is 2.70 bits per heavy atom. The molecule has 118 valence electrons. The lowest BCUT2D eigenvalue weighted by Crippen LogP contribution is -2.29. The quantitative estimate of drug-likeness (QED) is 0.778. The van der Waals surface area contributed by atoms with Gasteiger partial charge < -0.3 is 10.2 Å². The van der Waals surface area contributed by atoms with E-state index in [9.17, 15) is 0 Å². The Morgan fingerprint density at radius 1 is 1.13 bits per heavy atom. The number of nitrogens with zero attached hydrogens (tertiary/aromatic N) is 4. The molecule has 0 spiro atoms. The van der Waals surface area contributed by atoms with Crippen molar-refractivity contribution in [2.45, 2.75) is 18.8 Å². The van der Waals surface area contributed by atoms with Crippen molar-refractivity contribution in [1.29, 1.82) is 0 Å². The molecule has 0 aliphatic carbocycles. The molecule has 2 N–H and O–H groups in total. The molecule has 6 nitrogen and oxygen atoms in total. The van der Waals surface area contributed by atoms with E-state index in [4.69, 9.17) is 0 Å². The van der Waals surface area contributed by atoms with Gasteiger partial charge in [-0.1, -0.05) is 12.1 Å². The summed E-state index contributed by atoms with van der Waals surface area (Å²) in [7, 11) is 2.19. The van der Waals surface area contributed by atoms with Gasteiger partial charge in [0.2, 0.25) is 5.95 Å². The van der Waals surface area contributed by atoms with E-state index in [1.54, 1.807) is 12.4 Å². The Labute approximate surface area is 135 Å². The Balaban J connectivity index is 1.47. The third kappa shape index (κ3) is 3.03. The molecule has 0 amide bonds. The number of rotatable bonds is 3. The van der Waals surface area contributed by atoms with Crippen LogP contribution in [0.25, 0.3) is 11.0 Å². The number of piperidine rings is 1. The van der Waals surface area contributed by atoms with Crippen LogP contribution in [0.3, 0.4) is 0 Å². The van der Waals surface area contributed by atoms with Crippen LogP contribution in [-0.4, -0.2) is 45.2 Å². The smallest absolute Gasteiger partial charge is 0.229 e. The topological polar surface area (TPSA) is 69.7 Å². The number of H-pyrrole nitrogens is 1. The highest BCUT2D eigenvalue weighted by Gasteiger charge is 2.18. The highest BCUT2D eigenvalue weighted by Crippen LogP contribution is 2.28. The largest absolute Gasteiger partial charge is 0.324 e. The van der Waals surface area contributed by atoms with Gasteiger partial charge in [-0.15, -0.1) is 0 Å². The third-order valence-electron chi connectivity index (χ3n) is 4.55. The van der Waals surface area contributed by atoms with Crippen LogP contribution in [0.1, 0.15) is 24.3 Å². The fraction of sp³-hybridized carbons (Fsp3) is 0.353. The van der Waals surface area contributed by atoms with E-state index >= 15 is 0 Å². The average molecular weight is 308 g/mol. The summed E-state index contributed by atoms with van der Waals surface area (Å²) in [6, 6.07) is 8.64. The van der Waals surface area contributed by atoms with Crippen molar-refractivity contribution in [3.05, 3.63) is 42.2 Å². The normalized spacial score (nSPS) is 16.7. The van der Waals surface area contributed by atoms with Gasteiger partial charge >= 0.3 is 0 Å². The lowest BCUT2D eigenvalue weighted by atomic mass is 9.89. The van der Waals surface area contributed by atoms with Crippen LogP contribution in [0.15, 0.2) is 36.7 Å². The fourth-order valence-electron chi connectivity index (χ4n) is 3.11. The average Bonchev–Trinajstić information content (AvgIpc) is 3.04. The first-order valence-corrected chi connectivity index (χ1v) is 7.99. The predicted octanol–water partition coefficient (Wildman–Crippen LogP) is 2.91. The van der Waals surface area contributed by atoms with E-state index in [1.165, 1.54) is 31.5 Å². The summed E-state index contributed by atoms with van der Waals surface area (Å²) in [6.45, 7) is 2.37. The van der Waals surface area contributed by atoms with Crippen LogP contribution in [0, 0.1) is 0 Å². The highest BCUT2D eigenvalue weighted by molar-refractivity contribution is 5.74. The molecular weight excluding hydrogens is 288 g/mol. The molecule has 1 aliphatic rings. The van der Waals surface area contributed by atoms with E-state index in [1.807, 2.05) is 0 Å². The predicted molar refractivity (Wildman–Crippen MR) is 90.9 cm³/mol. The van der Waals surface area contributed by atoms with Crippen LogP contribution in [0.5, 0.6) is 0 Å². The number of aromatic nitrogens is 4. The van der Waals surface area contributed by atoms with Gasteiger partial charge in [-0.05, 0) is 56.6 Å². The number of nitrogens with one attached hydrogen (secondary N) is 2. The van der Waals surface area contributed by atoms with E-state index < -0.39 is 0 Å². The van der Waals surface area contributed by atoms with Gasteiger partial charge in [0, 0.05) is 11.9 Å². The summed E-state index contributed by atoms with van der Waals surface area (Å²) in [6.07, 6.45) is 5.96. The first-order chi connectivity index (χ1) is 11.3. The van der Waals surface area contributed by atoms with Crippen LogP contribution < -0.4 is 5.32 Å². The minimum atomic E-state index is 0.578. The Kier molecular flexibility index (Phi) is 3.67. The minimum absolute atomic E-state index is 0.578. The molecule has 1 aromatic carbocycles. The molecule has 3 heterocycles. The molecule has 0 unspecified atom stereocenters. The molecular formula is C17H20N6. The number of hydrogen-bond acceptors (Lipinski definition) is 5. The lowest BCUT2D eigenvalue weighted by molar-refractivity contribution is 0.255. The van der Waals surface area contributed by atoms with Gasteiger partial charge in [0.15, 0.2) is 5.65 Å². The molecule has 2 aromatic heterocycles. The van der Waals surface area contributed by atoms with E-state index in [0.29, 0.717) is 11.9 Å². The molecule has 0 saturated carbocycles. The zero-order chi connectivity index (χ0) is 15.6. The summed E-state index contributed by atoms with van der Waals surface area (Å²) < 4.78 is 0. The summed E-state index contributed by atoms with van der Waals surface area (Å²) in [5, 5.41) is 11.0. The van der Waals surface area contributed by atoms with Crippen LogP contribution in [-0.2, 0) is 0 Å². The number of benzene rings is 1. The summed E-state index contributed by atoms with van der Waals surface area (Å²) in [4.78, 5) is 11.1. The highest BCUT2D eigenvalue weighted by atomic mass is 15.2. The van der Waals surface area contributed by atoms with Crippen molar-refractivity contribution in [2.75, 3.05) is 25.5 Å². The summed E-state index contributed by atoms with van der Waals surface area (Å²) in [5.41, 5.74) is 3.17. The maximum atomic E-state index is 4.41. The van der Waals surface area contributed by atoms with Gasteiger partial charge in [-0.2, -0.15) is 10.1 Å². The molecule has 6 heteroatoms. The molecule has 0 bridgehead atoms. The molecule has 0 radical (unpaired) electrons. The maximum Gasteiger partial charge on any atom is 0.229 e. The fourth-order valence-corrected chi connectivity index (χ4v) is 3.11. The van der Waals surface area contributed by atoms with Gasteiger partial charge in [0.25, 0.3) is 0 Å². The van der Waals surface area contributed by atoms with Gasteiger partial charge in [-0.3, -0.25) is 5.10 Å². The Bertz CT molecular complexity index is 786. The molecule has 3 aromatic rings. The number of likely N-dealkylation sites (tertiary alicyclic amines) is 1. The van der Waals surface area contributed by atoms with Crippen LogP contribution in [0.2, 0.25) is 0 Å². The van der Waals surface area contributed by atoms with Crippen LogP contribution in [0.4, 0.5) is 11.6 Å². The van der Waals surface area contributed by atoms with Crippen molar-refractivity contribution >= 4 is 22.7 Å². The number of aromatic amines is 1. The zero-order valence-corrected chi connectivity index (χ0v) is 13.2. The van der Waals surface area contributed by atoms with Crippen molar-refractivity contribution in [3.8, 4) is 0 Å². The first-order valence-electron chi connectivity index (χ1n) is 7.99. The number of hydrogen-bond donors (Lipinski definition) is 2. The van der Waals surface area contributed by atoms with E-state index in [-0.39, 0.29) is 0 Å². The Hall–Kier alpha value is -2.47. The monoisotopic (exact) mass is 308 g/mol. The van der Waals surface area contributed by atoms with E-state index in [0.717, 1.165) is 16.7 Å². The Morgan fingerprint density at radius 2 is 1.91 bits per heavy atom. The van der Waals surface area contributed by atoms with Gasteiger partial charge in [0.1, 0.15) is 0 Å².